The number of carbonyl (C=O) groups is 1. The Bertz CT molecular complexity index is 675. The third-order valence-corrected chi connectivity index (χ3v) is 2.96. The molecule has 1 amide bonds. The number of nitrogens with zero attached hydrogens (tertiary/aromatic N) is 2. The van der Waals surface area contributed by atoms with Crippen LogP contribution in [-0.4, -0.2) is 27.1 Å². The first-order chi connectivity index (χ1) is 9.52. The minimum atomic E-state index is -0.268. The van der Waals surface area contributed by atoms with E-state index in [4.69, 9.17) is 10.9 Å². The largest absolute Gasteiger partial charge is 0.409 e. The molecule has 1 aromatic heterocycles. The maximum Gasteiger partial charge on any atom is 0.259 e. The summed E-state index contributed by atoms with van der Waals surface area (Å²) >= 11 is 0. The number of aromatic nitrogens is 2. The van der Waals surface area contributed by atoms with E-state index in [-0.39, 0.29) is 11.7 Å². The number of amidine groups is 1. The Morgan fingerprint density at radius 3 is 2.80 bits per heavy atom. The third-order valence-electron chi connectivity index (χ3n) is 2.96. The summed E-state index contributed by atoms with van der Waals surface area (Å²) in [6.45, 7) is 3.62. The number of H-pyrrole nitrogens is 1. The topological polar surface area (TPSA) is 116 Å². The zero-order valence-corrected chi connectivity index (χ0v) is 11.1. The molecule has 7 heteroatoms. The van der Waals surface area contributed by atoms with E-state index in [1.165, 1.54) is 6.20 Å². The minimum Gasteiger partial charge on any atom is -0.409 e. The molecular weight excluding hydrogens is 258 g/mol. The van der Waals surface area contributed by atoms with Crippen molar-refractivity contribution in [3.63, 3.8) is 0 Å². The fourth-order valence-electron chi connectivity index (χ4n) is 1.74. The van der Waals surface area contributed by atoms with Crippen molar-refractivity contribution in [3.05, 3.63) is 46.8 Å². The van der Waals surface area contributed by atoms with Gasteiger partial charge in [0, 0.05) is 16.9 Å². The van der Waals surface area contributed by atoms with Crippen molar-refractivity contribution in [2.24, 2.45) is 10.9 Å². The number of oxime groups is 1. The molecule has 0 atom stereocenters. The van der Waals surface area contributed by atoms with Gasteiger partial charge < -0.3 is 16.3 Å². The second-order valence-electron chi connectivity index (χ2n) is 4.38. The van der Waals surface area contributed by atoms with Crippen LogP contribution in [0.15, 0.2) is 29.6 Å². The van der Waals surface area contributed by atoms with Crippen LogP contribution < -0.4 is 11.1 Å². The van der Waals surface area contributed by atoms with Gasteiger partial charge in [0.1, 0.15) is 0 Å². The van der Waals surface area contributed by atoms with E-state index in [9.17, 15) is 4.79 Å². The van der Waals surface area contributed by atoms with Gasteiger partial charge >= 0.3 is 0 Å². The number of hydrogen-bond donors (Lipinski definition) is 4. The lowest BCUT2D eigenvalue weighted by Gasteiger charge is -2.09. The highest BCUT2D eigenvalue weighted by molar-refractivity contribution is 6.06. The summed E-state index contributed by atoms with van der Waals surface area (Å²) in [5.41, 5.74) is 8.69. The molecule has 0 bridgehead atoms. The summed E-state index contributed by atoms with van der Waals surface area (Å²) in [7, 11) is 0. The van der Waals surface area contributed by atoms with Crippen molar-refractivity contribution >= 4 is 17.4 Å². The molecule has 0 saturated heterocycles. The van der Waals surface area contributed by atoms with Crippen molar-refractivity contribution in [1.29, 1.82) is 0 Å². The molecule has 2 aromatic rings. The lowest BCUT2D eigenvalue weighted by Crippen LogP contribution is -2.16. The number of benzene rings is 1. The maximum atomic E-state index is 12.1. The number of aromatic amines is 1. The van der Waals surface area contributed by atoms with Crippen LogP contribution >= 0.6 is 0 Å². The highest BCUT2D eigenvalue weighted by atomic mass is 16.4. The summed E-state index contributed by atoms with van der Waals surface area (Å²) in [6, 6.07) is 5.14. The zero-order valence-electron chi connectivity index (χ0n) is 11.1. The van der Waals surface area contributed by atoms with E-state index in [0.717, 1.165) is 5.56 Å². The first-order valence-electron chi connectivity index (χ1n) is 5.92. The van der Waals surface area contributed by atoms with Gasteiger partial charge in [0.2, 0.25) is 0 Å². The second-order valence-corrected chi connectivity index (χ2v) is 4.38. The molecule has 0 unspecified atom stereocenters. The van der Waals surface area contributed by atoms with Gasteiger partial charge in [-0.3, -0.25) is 9.89 Å². The number of rotatable bonds is 3. The number of nitrogens with one attached hydrogen (secondary N) is 2. The van der Waals surface area contributed by atoms with Gasteiger partial charge in [0.05, 0.1) is 11.8 Å². The quantitative estimate of drug-likeness (QED) is 0.292. The molecule has 0 saturated carbocycles. The van der Waals surface area contributed by atoms with Crippen LogP contribution in [0.1, 0.15) is 27.2 Å². The summed E-state index contributed by atoms with van der Waals surface area (Å²) in [5, 5.41) is 20.9. The predicted molar refractivity (Wildman–Crippen MR) is 75.0 cm³/mol. The van der Waals surface area contributed by atoms with E-state index in [2.05, 4.69) is 20.7 Å². The SMILES string of the molecule is Cc1ccc(C(N)=NO)cc1NC(=O)c1cn[nH]c1C. The first kappa shape index (κ1) is 13.6. The van der Waals surface area contributed by atoms with Crippen LogP contribution in [0, 0.1) is 13.8 Å². The number of carbonyl (C=O) groups excluding carboxylic acids is 1. The van der Waals surface area contributed by atoms with Crippen LogP contribution in [-0.2, 0) is 0 Å². The monoisotopic (exact) mass is 273 g/mol. The molecule has 5 N–H and O–H groups in total. The fourth-order valence-corrected chi connectivity index (χ4v) is 1.74. The number of nitrogens with two attached hydrogens (primary N) is 1. The van der Waals surface area contributed by atoms with Crippen molar-refractivity contribution in [2.45, 2.75) is 13.8 Å². The van der Waals surface area contributed by atoms with Crippen LogP contribution in [0.3, 0.4) is 0 Å². The molecule has 2 rings (SSSR count). The van der Waals surface area contributed by atoms with Crippen molar-refractivity contribution in [1.82, 2.24) is 10.2 Å². The van der Waals surface area contributed by atoms with Crippen LogP contribution in [0.4, 0.5) is 5.69 Å². The molecule has 20 heavy (non-hydrogen) atoms. The standard InChI is InChI=1S/C13H15N5O2/c1-7-3-4-9(12(14)18-20)5-11(7)16-13(19)10-6-15-17-8(10)2/h3-6,20H,1-2H3,(H2,14,18)(H,15,17)(H,16,19). The molecule has 0 aliphatic rings. The lowest BCUT2D eigenvalue weighted by molar-refractivity contribution is 0.102. The molecule has 7 nitrogen and oxygen atoms in total. The van der Waals surface area contributed by atoms with Crippen LogP contribution in [0.25, 0.3) is 0 Å². The van der Waals surface area contributed by atoms with Crippen molar-refractivity contribution in [2.75, 3.05) is 5.32 Å². The molecule has 0 aliphatic heterocycles. The summed E-state index contributed by atoms with van der Waals surface area (Å²) in [6.07, 6.45) is 1.47. The number of aryl methyl sites for hydroxylation is 2. The number of hydrogen-bond acceptors (Lipinski definition) is 4. The smallest absolute Gasteiger partial charge is 0.259 e. The Morgan fingerprint density at radius 1 is 1.45 bits per heavy atom. The molecule has 0 radical (unpaired) electrons. The molecule has 104 valence electrons. The zero-order chi connectivity index (χ0) is 14.7. The average molecular weight is 273 g/mol. The van der Waals surface area contributed by atoms with Gasteiger partial charge in [-0.1, -0.05) is 17.3 Å². The second kappa shape index (κ2) is 5.43. The molecule has 0 fully saturated rings. The van der Waals surface area contributed by atoms with Gasteiger partial charge in [0.15, 0.2) is 5.84 Å². The Morgan fingerprint density at radius 2 is 2.20 bits per heavy atom. The average Bonchev–Trinajstić information content (AvgIpc) is 2.86. The van der Waals surface area contributed by atoms with Crippen molar-refractivity contribution in [3.8, 4) is 0 Å². The normalized spacial score (nSPS) is 11.4. The first-order valence-corrected chi connectivity index (χ1v) is 5.92. The van der Waals surface area contributed by atoms with Gasteiger partial charge in [-0.15, -0.1) is 0 Å². The Balaban J connectivity index is 2.29. The van der Waals surface area contributed by atoms with Gasteiger partial charge in [0.25, 0.3) is 5.91 Å². The number of anilines is 1. The van der Waals surface area contributed by atoms with E-state index >= 15 is 0 Å². The molecule has 0 aliphatic carbocycles. The van der Waals surface area contributed by atoms with E-state index in [1.807, 2.05) is 6.92 Å². The minimum absolute atomic E-state index is 0.0139. The Labute approximate surface area is 115 Å². The highest BCUT2D eigenvalue weighted by Crippen LogP contribution is 2.18. The Kier molecular flexibility index (Phi) is 3.69. The lowest BCUT2D eigenvalue weighted by atomic mass is 10.1. The molecular formula is C13H15N5O2. The third kappa shape index (κ3) is 2.61. The molecule has 1 heterocycles. The van der Waals surface area contributed by atoms with Gasteiger partial charge in [-0.05, 0) is 25.5 Å². The summed E-state index contributed by atoms with van der Waals surface area (Å²) in [4.78, 5) is 12.1. The van der Waals surface area contributed by atoms with Crippen LogP contribution in [0.2, 0.25) is 0 Å². The predicted octanol–water partition coefficient (Wildman–Crippen LogP) is 1.37. The molecule has 0 spiro atoms. The van der Waals surface area contributed by atoms with E-state index in [0.29, 0.717) is 22.5 Å². The maximum absolute atomic E-state index is 12.1. The van der Waals surface area contributed by atoms with Crippen LogP contribution in [0.5, 0.6) is 0 Å². The van der Waals surface area contributed by atoms with Crippen molar-refractivity contribution < 1.29 is 10.0 Å². The number of amides is 1. The van der Waals surface area contributed by atoms with E-state index in [1.54, 1.807) is 25.1 Å². The van der Waals surface area contributed by atoms with E-state index < -0.39 is 0 Å². The summed E-state index contributed by atoms with van der Waals surface area (Å²) in [5.74, 6) is -0.281. The fraction of sp³-hybridized carbons (Fsp3) is 0.154. The van der Waals surface area contributed by atoms with Gasteiger partial charge in [-0.25, -0.2) is 0 Å². The highest BCUT2D eigenvalue weighted by Gasteiger charge is 2.13. The van der Waals surface area contributed by atoms with Gasteiger partial charge in [-0.2, -0.15) is 5.10 Å². The summed E-state index contributed by atoms with van der Waals surface area (Å²) < 4.78 is 0. The molecule has 1 aromatic carbocycles. The Hall–Kier alpha value is -2.83.